The first kappa shape index (κ1) is 82.7. The van der Waals surface area contributed by atoms with Gasteiger partial charge in [-0.2, -0.15) is 46.4 Å². The molecule has 0 aliphatic heterocycles. The number of anilines is 1. The fourth-order valence-electron chi connectivity index (χ4n) is 15.1. The van der Waals surface area contributed by atoms with E-state index in [1.807, 2.05) is 19.1 Å². The number of alkyl halides is 8. The minimum absolute atomic E-state index is 0.0327. The number of nitrogens with two attached hydrogens (primary N) is 3. The third kappa shape index (κ3) is 18.0. The Morgan fingerprint density at radius 1 is 0.593 bits per heavy atom. The van der Waals surface area contributed by atoms with Crippen molar-refractivity contribution in [1.29, 1.82) is 0 Å². The van der Waals surface area contributed by atoms with Crippen LogP contribution in [-0.2, 0) is 86.5 Å². The van der Waals surface area contributed by atoms with Crippen LogP contribution >= 0.6 is 22.3 Å². The van der Waals surface area contributed by atoms with Crippen LogP contribution < -0.4 is 16.0 Å². The van der Waals surface area contributed by atoms with Gasteiger partial charge in [-0.25, -0.2) is 63.8 Å². The molecule has 0 saturated heterocycles. The highest BCUT2D eigenvalue weighted by Crippen LogP contribution is 2.69. The molecule has 37 heteroatoms. The van der Waals surface area contributed by atoms with Gasteiger partial charge in [-0.1, -0.05) is 41.6 Å². The number of aryl methyl sites for hydroxylation is 3. The Morgan fingerprint density at radius 3 is 1.36 bits per heavy atom. The van der Waals surface area contributed by atoms with Gasteiger partial charge in [-0.15, -0.1) is 0 Å². The first-order valence-corrected chi connectivity index (χ1v) is 39.1. The van der Waals surface area contributed by atoms with Gasteiger partial charge in [-0.05, 0) is 155 Å². The number of aliphatic hydroxyl groups is 2. The Bertz CT molecular complexity index is 5870. The Kier molecular flexibility index (Phi) is 22.4. The summed E-state index contributed by atoms with van der Waals surface area (Å²) in [5, 5.41) is 47.4. The van der Waals surface area contributed by atoms with Gasteiger partial charge in [0.2, 0.25) is 10.0 Å². The maximum absolute atomic E-state index is 15.4. The van der Waals surface area contributed by atoms with Crippen LogP contribution in [0.1, 0.15) is 169 Å². The molecule has 8 N–H and O–H groups in total. The largest absolute Gasteiger partial charge is 0.382 e. The summed E-state index contributed by atoms with van der Waals surface area (Å²) in [6.07, 6.45) is -7.43. The summed E-state index contributed by atoms with van der Waals surface area (Å²) in [5.41, 5.74) is 4.81. The van der Waals surface area contributed by atoms with Gasteiger partial charge in [0.1, 0.15) is 87.5 Å². The van der Waals surface area contributed by atoms with Gasteiger partial charge in [-0.3, -0.25) is 28.3 Å². The number of sulfonamides is 1. The smallest absolute Gasteiger partial charge is 0.294 e. The predicted molar refractivity (Wildman–Crippen MR) is 393 cm³/mol. The summed E-state index contributed by atoms with van der Waals surface area (Å²) < 4.78 is 222. The van der Waals surface area contributed by atoms with E-state index in [9.17, 15) is 71.8 Å². The summed E-state index contributed by atoms with van der Waals surface area (Å²) in [6.45, 7) is 6.19. The molecule has 4 aliphatic rings. The van der Waals surface area contributed by atoms with Crippen molar-refractivity contribution in [2.45, 2.75) is 152 Å². The molecule has 2 saturated carbocycles. The molecule has 6 heterocycles. The summed E-state index contributed by atoms with van der Waals surface area (Å²) in [5.74, 6) is -7.01. The molecule has 0 radical (unpaired) electrons. The third-order valence-electron chi connectivity index (χ3n) is 19.5. The number of halogens is 14. The Hall–Kier alpha value is -9.72. The minimum Gasteiger partial charge on any atom is -0.382 e. The summed E-state index contributed by atoms with van der Waals surface area (Å²) in [6, 6.07) is 18.9. The van der Waals surface area contributed by atoms with Crippen molar-refractivity contribution in [3.63, 3.8) is 0 Å². The summed E-state index contributed by atoms with van der Waals surface area (Å²) in [7, 11) is -0.231. The zero-order valence-corrected chi connectivity index (χ0v) is 63.9. The molecule has 596 valence electrons. The van der Waals surface area contributed by atoms with Crippen molar-refractivity contribution in [2.75, 3.05) is 5.73 Å². The maximum Gasteiger partial charge on any atom is 0.294 e. The monoisotopic (exact) mass is 1650 g/mol. The summed E-state index contributed by atoms with van der Waals surface area (Å²) in [4.78, 5) is 37.5. The van der Waals surface area contributed by atoms with Crippen LogP contribution in [0.3, 0.4) is 0 Å². The van der Waals surface area contributed by atoms with Gasteiger partial charge in [0.05, 0.1) is 33.1 Å². The molecule has 14 rings (SSSR count). The average molecular weight is 1660 g/mol. The predicted octanol–water partition coefficient (Wildman–Crippen LogP) is 13.5. The van der Waals surface area contributed by atoms with Gasteiger partial charge in [0, 0.05) is 118 Å². The van der Waals surface area contributed by atoms with E-state index in [1.165, 1.54) is 51.6 Å². The van der Waals surface area contributed by atoms with Gasteiger partial charge in [0.25, 0.3) is 33.9 Å². The highest BCUT2D eigenvalue weighted by atomic mass is 35.7. The second-order valence-corrected chi connectivity index (χ2v) is 33.7. The molecular weight excluding hydrogens is 1590 g/mol. The number of nitrogens with zero attached hydrogens (tertiary/aromatic N) is 10. The van der Waals surface area contributed by atoms with Crippen LogP contribution in [0.25, 0.3) is 44.1 Å². The van der Waals surface area contributed by atoms with E-state index >= 15 is 17.6 Å². The second-order valence-electron chi connectivity index (χ2n) is 29.4. The molecule has 0 bridgehead atoms. The van der Waals surface area contributed by atoms with Crippen LogP contribution in [0, 0.1) is 65.7 Å². The normalized spacial score (nSPS) is 17.6. The first-order chi connectivity index (χ1) is 52.5. The highest BCUT2D eigenvalue weighted by molar-refractivity contribution is 8.11. The number of carbonyl (C=O) groups is 2. The number of hydrogen-bond donors (Lipinski definition) is 5. The van der Waals surface area contributed by atoms with Gasteiger partial charge < -0.3 is 15.9 Å². The number of nitrogen functional groups attached to an aromatic ring is 1. The standard InChI is InChI=1S/C38H33ClF6N6O4S.C38H34F6N6O2.ClH2NO2S/c1-37(2,53)9-8-22-4-5-24(25-6-7-28(39)31-29(17-56(46,54)55)48-50(3)34(25)31)32(47-22)19(10-18-11-20(40)14-21(41)12-18)13-23(52)16-51-35-30(33(49-51)36(42)43)26-15-27(26)38(35,44)45;1-18-5-7-26(33-29(18)36(45)48-49(33)4)25-8-6-23(9-10-37(2,3)52)46-31(25)20(11-19-12-21(39)15-22(40)13-19)14-24(51)17-50-34-30(32(47-50)35(41)42)27-16-28(27)38(34,43)44;1-5(2,3)4/h4-7,11-12,14,19,26-27,36,53H,10,13,15-17H2,1-3H3,(H2,46,54,55);5-8,12-13,15,20,27-28,35,52H,11,14,16-17H2,1-4H3,(H2,45,48);(H2,2,3,4)/t19-,26+,27-;20-,27+,28-;/m11./s1. The second kappa shape index (κ2) is 30.6. The number of benzene rings is 4. The molecule has 0 spiro atoms. The SMILES string of the molecule is Cc1ccc(-c2ccc(C#CC(C)(C)O)nc2[C@@H](CC(=O)Cn2nc(C(F)F)c3c2C(F)(F)[C@@H]2C[C@H]32)Cc2cc(F)cc(F)c2)c2c1c(N)nn2C.Cn1nc(CS(N)(=O)=O)c2c(Cl)ccc(-c3ccc(C#CC(C)(C)O)nc3[C@@H](CC(=O)Cn3nc(C(F)F)c4c3C(F)(F)[C@@H]3C[C@H]43)Cc3cc(F)cc(F)c3)c21.NS(=O)(=O)Cl. The fraction of sp³-hybridized carbons (Fsp3) is 0.368. The van der Waals surface area contributed by atoms with E-state index in [0.29, 0.717) is 60.2 Å². The lowest BCUT2D eigenvalue weighted by Gasteiger charge is -2.22. The molecule has 6 atom stereocenters. The quantitative estimate of drug-likeness (QED) is 0.0269. The lowest BCUT2D eigenvalue weighted by molar-refractivity contribution is -0.121. The molecule has 6 aromatic heterocycles. The Balaban J connectivity index is 0.000000198. The molecule has 4 aliphatic carbocycles. The number of carbonyl (C=O) groups excluding carboxylic acids is 2. The molecule has 0 unspecified atom stereocenters. The van der Waals surface area contributed by atoms with E-state index in [-0.39, 0.29) is 92.6 Å². The molecular formula is C76H69Cl2F12N13O8S2. The van der Waals surface area contributed by atoms with Crippen molar-refractivity contribution in [2.24, 2.45) is 36.2 Å². The highest BCUT2D eigenvalue weighted by Gasteiger charge is 2.68. The van der Waals surface area contributed by atoms with E-state index in [0.717, 1.165) is 29.8 Å². The van der Waals surface area contributed by atoms with Crippen molar-refractivity contribution in [1.82, 2.24) is 49.1 Å². The van der Waals surface area contributed by atoms with Crippen LogP contribution in [-0.4, -0.2) is 98.9 Å². The van der Waals surface area contributed by atoms with Crippen molar-refractivity contribution in [3.05, 3.63) is 192 Å². The number of Topliss-reactive ketones (excluding diaryl/α,β-unsaturated/α-hetero) is 2. The molecule has 4 aromatic carbocycles. The summed E-state index contributed by atoms with van der Waals surface area (Å²) >= 11 is 6.58. The first-order valence-electron chi connectivity index (χ1n) is 34.6. The molecule has 0 amide bonds. The van der Waals surface area contributed by atoms with Crippen molar-refractivity contribution >= 4 is 80.7 Å². The van der Waals surface area contributed by atoms with Crippen LogP contribution in [0.5, 0.6) is 0 Å². The molecule has 113 heavy (non-hydrogen) atoms. The van der Waals surface area contributed by atoms with E-state index in [4.69, 9.17) is 32.4 Å². The van der Waals surface area contributed by atoms with Crippen molar-refractivity contribution in [3.8, 4) is 45.9 Å². The topological polar surface area (TPSA) is 318 Å². The van der Waals surface area contributed by atoms with Crippen LogP contribution in [0.2, 0.25) is 5.02 Å². The van der Waals surface area contributed by atoms with Gasteiger partial charge >= 0.3 is 0 Å². The molecule has 2 fully saturated rings. The maximum atomic E-state index is 15.4. The number of fused-ring (bicyclic) bond motifs is 8. The number of ketones is 2. The molecule has 10 aromatic rings. The van der Waals surface area contributed by atoms with Gasteiger partial charge in [0.15, 0.2) is 17.4 Å². The number of aromatic nitrogens is 10. The van der Waals surface area contributed by atoms with Crippen LogP contribution in [0.4, 0.5) is 58.5 Å². The number of hydrogen-bond acceptors (Lipinski definition) is 15. The lowest BCUT2D eigenvalue weighted by atomic mass is 9.86. The van der Waals surface area contributed by atoms with Crippen molar-refractivity contribution < 1.29 is 89.3 Å². The fourth-order valence-corrected chi connectivity index (χ4v) is 16.0. The van der Waals surface area contributed by atoms with E-state index in [2.05, 4.69) is 59.9 Å². The van der Waals surface area contributed by atoms with E-state index in [1.54, 1.807) is 36.0 Å². The van der Waals surface area contributed by atoms with E-state index < -0.39 is 180 Å². The third-order valence-corrected chi connectivity index (χ3v) is 20.5. The number of rotatable bonds is 20. The minimum atomic E-state index is -4.07. The van der Waals surface area contributed by atoms with Crippen LogP contribution in [0.15, 0.2) is 84.9 Å². The average Bonchev–Trinajstić information content (AvgIpc) is 1.54. The zero-order chi connectivity index (χ0) is 82.6. The molecule has 21 nitrogen and oxygen atoms in total. The zero-order valence-electron chi connectivity index (χ0n) is 60.7. The Labute approximate surface area is 647 Å². The lowest BCUT2D eigenvalue weighted by Crippen LogP contribution is -2.24. The number of primary sulfonamides is 1. The Morgan fingerprint density at radius 2 is 0.973 bits per heavy atom. The number of pyridine rings is 2.